The molecule has 2 aliphatic carbocycles. The van der Waals surface area contributed by atoms with Crippen molar-refractivity contribution in [2.24, 2.45) is 5.73 Å². The average molecular weight is 189 g/mol. The molecule has 0 aromatic rings. The fourth-order valence-electron chi connectivity index (χ4n) is 1.97. The zero-order valence-corrected chi connectivity index (χ0v) is 7.64. The van der Waals surface area contributed by atoms with Gasteiger partial charge in [0.1, 0.15) is 11.9 Å². The summed E-state index contributed by atoms with van der Waals surface area (Å²) in [6, 6.07) is 0. The summed E-state index contributed by atoms with van der Waals surface area (Å²) in [5.74, 6) is 0.885. The Bertz CT molecular complexity index is 390. The molecular formula is C11H11NO2. The molecule has 0 spiro atoms. The number of allylic oxidation sites excluding steroid dienone is 6. The lowest BCUT2D eigenvalue weighted by molar-refractivity contribution is -0.0381. The summed E-state index contributed by atoms with van der Waals surface area (Å²) in [6.45, 7) is 0. The van der Waals surface area contributed by atoms with Gasteiger partial charge in [0, 0.05) is 5.57 Å². The molecule has 14 heavy (non-hydrogen) atoms. The fourth-order valence-corrected chi connectivity index (χ4v) is 1.97. The van der Waals surface area contributed by atoms with Crippen molar-refractivity contribution in [3.8, 4) is 0 Å². The number of fused-ring (bicyclic) bond motifs is 2. The summed E-state index contributed by atoms with van der Waals surface area (Å²) in [5.41, 5.74) is 7.97. The molecule has 0 aromatic carbocycles. The first kappa shape index (κ1) is 8.03. The van der Waals surface area contributed by atoms with Gasteiger partial charge in [0.25, 0.3) is 6.41 Å². The van der Waals surface area contributed by atoms with Crippen molar-refractivity contribution in [1.82, 2.24) is 0 Å². The number of hydrogen-bond acceptors (Lipinski definition) is 3. The molecule has 2 N–H and O–H groups in total. The third-order valence-corrected chi connectivity index (χ3v) is 2.61. The number of nitrogens with two attached hydrogens (primary N) is 1. The van der Waals surface area contributed by atoms with Gasteiger partial charge in [-0.15, -0.1) is 0 Å². The molecule has 3 nitrogen and oxygen atoms in total. The second-order valence-electron chi connectivity index (χ2n) is 3.50. The minimum Gasteiger partial charge on any atom is -0.452 e. The van der Waals surface area contributed by atoms with Crippen LogP contribution in [0.15, 0.2) is 47.3 Å². The van der Waals surface area contributed by atoms with Crippen LogP contribution in [0.4, 0.5) is 0 Å². The van der Waals surface area contributed by atoms with E-state index in [1.807, 2.05) is 6.08 Å². The molecular weight excluding hydrogens is 178 g/mol. The van der Waals surface area contributed by atoms with Gasteiger partial charge in [0.15, 0.2) is 0 Å². The Hall–Kier alpha value is -1.32. The van der Waals surface area contributed by atoms with Crippen LogP contribution in [0, 0.1) is 0 Å². The van der Waals surface area contributed by atoms with Crippen molar-refractivity contribution < 1.29 is 9.47 Å². The summed E-state index contributed by atoms with van der Waals surface area (Å²) >= 11 is 0. The second kappa shape index (κ2) is 2.83. The standard InChI is InChI=1S/C11H11NO2/c12-11-13-9-6-5-7-3-1-2-4-8(7)10(9)14-11/h1-3,5-6,9,11H,4,12H2/t9-,11+/m0/s1. The Kier molecular flexibility index (Phi) is 1.63. The average Bonchev–Trinajstić information content (AvgIpc) is 2.59. The Balaban J connectivity index is 2.07. The minimum absolute atomic E-state index is 0.0800. The first-order chi connectivity index (χ1) is 6.84. The highest BCUT2D eigenvalue weighted by molar-refractivity contribution is 5.52. The summed E-state index contributed by atoms with van der Waals surface area (Å²) in [6.07, 6.45) is 10.5. The zero-order valence-electron chi connectivity index (χ0n) is 7.64. The van der Waals surface area contributed by atoms with Crippen molar-refractivity contribution >= 4 is 0 Å². The van der Waals surface area contributed by atoms with Crippen molar-refractivity contribution in [3.05, 3.63) is 47.3 Å². The highest BCUT2D eigenvalue weighted by atomic mass is 16.7. The molecule has 72 valence electrons. The molecule has 3 aliphatic rings. The van der Waals surface area contributed by atoms with E-state index < -0.39 is 6.41 Å². The molecule has 0 bridgehead atoms. The summed E-state index contributed by atoms with van der Waals surface area (Å²) in [7, 11) is 0. The Labute approximate surface area is 82.2 Å². The lowest BCUT2D eigenvalue weighted by Crippen LogP contribution is -2.20. The van der Waals surface area contributed by atoms with Gasteiger partial charge >= 0.3 is 0 Å². The molecule has 1 aliphatic heterocycles. The molecule has 0 radical (unpaired) electrons. The van der Waals surface area contributed by atoms with Crippen LogP contribution in [0.5, 0.6) is 0 Å². The van der Waals surface area contributed by atoms with Gasteiger partial charge < -0.3 is 9.47 Å². The predicted octanol–water partition coefficient (Wildman–Crippen LogP) is 1.35. The SMILES string of the molecule is N[C@H]1OC2=C3CC=CC=C3C=C[C@@H]2O1. The third kappa shape index (κ3) is 1.06. The van der Waals surface area contributed by atoms with Crippen LogP contribution in [0.2, 0.25) is 0 Å². The quantitative estimate of drug-likeness (QED) is 0.625. The molecule has 2 atom stereocenters. The maximum Gasteiger partial charge on any atom is 0.257 e. The van der Waals surface area contributed by atoms with Crippen molar-refractivity contribution in [2.45, 2.75) is 18.9 Å². The molecule has 3 rings (SSSR count). The van der Waals surface area contributed by atoms with Crippen LogP contribution in [-0.2, 0) is 9.47 Å². The monoisotopic (exact) mass is 189 g/mol. The van der Waals surface area contributed by atoms with Gasteiger partial charge in [-0.25, -0.2) is 0 Å². The molecule has 0 unspecified atom stereocenters. The minimum atomic E-state index is -0.614. The van der Waals surface area contributed by atoms with Gasteiger partial charge in [0.2, 0.25) is 0 Å². The van der Waals surface area contributed by atoms with Crippen LogP contribution in [-0.4, -0.2) is 12.5 Å². The first-order valence-electron chi connectivity index (χ1n) is 4.71. The summed E-state index contributed by atoms with van der Waals surface area (Å²) in [4.78, 5) is 0. The van der Waals surface area contributed by atoms with E-state index in [1.165, 1.54) is 11.1 Å². The second-order valence-corrected chi connectivity index (χ2v) is 3.50. The van der Waals surface area contributed by atoms with Crippen LogP contribution >= 0.6 is 0 Å². The predicted molar refractivity (Wildman–Crippen MR) is 51.9 cm³/mol. The smallest absolute Gasteiger partial charge is 0.257 e. The maximum atomic E-state index is 5.57. The van der Waals surface area contributed by atoms with E-state index in [4.69, 9.17) is 15.2 Å². The lowest BCUT2D eigenvalue weighted by Gasteiger charge is -2.18. The Morgan fingerprint density at radius 3 is 3.29 bits per heavy atom. The Morgan fingerprint density at radius 2 is 2.36 bits per heavy atom. The molecule has 1 fully saturated rings. The molecule has 0 aromatic heterocycles. The lowest BCUT2D eigenvalue weighted by atomic mass is 9.91. The largest absolute Gasteiger partial charge is 0.452 e. The highest BCUT2D eigenvalue weighted by Gasteiger charge is 2.33. The van der Waals surface area contributed by atoms with E-state index in [9.17, 15) is 0 Å². The first-order valence-corrected chi connectivity index (χ1v) is 4.71. The van der Waals surface area contributed by atoms with Crippen LogP contribution in [0.3, 0.4) is 0 Å². The van der Waals surface area contributed by atoms with Crippen LogP contribution in [0.25, 0.3) is 0 Å². The van der Waals surface area contributed by atoms with Gasteiger partial charge in [-0.2, -0.15) is 0 Å². The van der Waals surface area contributed by atoms with E-state index in [2.05, 4.69) is 24.3 Å². The number of rotatable bonds is 0. The topological polar surface area (TPSA) is 44.5 Å². The van der Waals surface area contributed by atoms with E-state index >= 15 is 0 Å². The van der Waals surface area contributed by atoms with E-state index in [0.717, 1.165) is 12.2 Å². The summed E-state index contributed by atoms with van der Waals surface area (Å²) in [5, 5.41) is 0. The zero-order chi connectivity index (χ0) is 9.54. The fraction of sp³-hybridized carbons (Fsp3) is 0.273. The Morgan fingerprint density at radius 1 is 1.43 bits per heavy atom. The molecule has 0 saturated carbocycles. The van der Waals surface area contributed by atoms with Gasteiger partial charge in [-0.3, -0.25) is 5.73 Å². The molecule has 1 saturated heterocycles. The van der Waals surface area contributed by atoms with Crippen molar-refractivity contribution in [3.63, 3.8) is 0 Å². The van der Waals surface area contributed by atoms with Gasteiger partial charge in [-0.1, -0.05) is 24.3 Å². The van der Waals surface area contributed by atoms with Crippen LogP contribution < -0.4 is 5.73 Å². The molecule has 1 heterocycles. The highest BCUT2D eigenvalue weighted by Crippen LogP contribution is 2.35. The molecule has 3 heteroatoms. The number of ether oxygens (including phenoxy) is 2. The third-order valence-electron chi connectivity index (χ3n) is 2.61. The van der Waals surface area contributed by atoms with Crippen molar-refractivity contribution in [2.75, 3.05) is 0 Å². The number of hydrogen-bond donors (Lipinski definition) is 1. The van der Waals surface area contributed by atoms with Gasteiger partial charge in [-0.05, 0) is 18.1 Å². The van der Waals surface area contributed by atoms with Crippen molar-refractivity contribution in [1.29, 1.82) is 0 Å². The van der Waals surface area contributed by atoms with E-state index in [-0.39, 0.29) is 6.10 Å². The van der Waals surface area contributed by atoms with Crippen LogP contribution in [0.1, 0.15) is 6.42 Å². The van der Waals surface area contributed by atoms with E-state index in [1.54, 1.807) is 0 Å². The normalized spacial score (nSPS) is 33.6. The molecule has 0 amide bonds. The van der Waals surface area contributed by atoms with E-state index in [0.29, 0.717) is 0 Å². The van der Waals surface area contributed by atoms with Gasteiger partial charge in [0.05, 0.1) is 0 Å². The summed E-state index contributed by atoms with van der Waals surface area (Å²) < 4.78 is 10.8. The maximum absolute atomic E-state index is 5.57.